The van der Waals surface area contributed by atoms with Gasteiger partial charge in [-0.25, -0.2) is 0 Å². The second kappa shape index (κ2) is 5.00. The molecular formula is C13H19BrN2S. The Hall–Kier alpha value is 0.1000. The van der Waals surface area contributed by atoms with E-state index in [-0.39, 0.29) is 0 Å². The van der Waals surface area contributed by atoms with Crippen LogP contribution in [0.3, 0.4) is 0 Å². The lowest BCUT2D eigenvalue weighted by atomic mass is 9.78. The Morgan fingerprint density at radius 2 is 2.18 bits per heavy atom. The van der Waals surface area contributed by atoms with E-state index in [1.807, 2.05) is 0 Å². The van der Waals surface area contributed by atoms with Crippen LogP contribution in [0.4, 0.5) is 0 Å². The predicted molar refractivity (Wildman–Crippen MR) is 76.4 cm³/mol. The van der Waals surface area contributed by atoms with Crippen LogP contribution in [0, 0.1) is 5.41 Å². The summed E-state index contributed by atoms with van der Waals surface area (Å²) in [5, 5.41) is 5.76. The van der Waals surface area contributed by atoms with Crippen molar-refractivity contribution in [2.75, 3.05) is 26.2 Å². The van der Waals surface area contributed by atoms with Crippen molar-refractivity contribution in [1.29, 1.82) is 0 Å². The largest absolute Gasteiger partial charge is 0.317 e. The van der Waals surface area contributed by atoms with Gasteiger partial charge in [0.25, 0.3) is 0 Å². The zero-order valence-corrected chi connectivity index (χ0v) is 12.4. The Balaban J connectivity index is 1.60. The molecule has 3 rings (SSSR count). The Labute approximate surface area is 116 Å². The molecule has 0 radical (unpaired) electrons. The fourth-order valence-electron chi connectivity index (χ4n) is 3.21. The normalized spacial score (nSPS) is 24.5. The number of nitrogens with one attached hydrogen (secondary N) is 1. The van der Waals surface area contributed by atoms with Gasteiger partial charge in [-0.15, -0.1) is 11.3 Å². The molecule has 4 heteroatoms. The summed E-state index contributed by atoms with van der Waals surface area (Å²) in [6.45, 7) is 6.17. The Bertz CT molecular complexity index is 385. The van der Waals surface area contributed by atoms with Gasteiger partial charge in [-0.05, 0) is 77.3 Å². The SMILES string of the molecule is Brc1cc(CN2CCC3(CCNCC3)C2)cs1. The van der Waals surface area contributed by atoms with Crippen LogP contribution in [0.15, 0.2) is 15.2 Å². The first-order valence-corrected chi connectivity index (χ1v) is 8.09. The molecule has 0 atom stereocenters. The third kappa shape index (κ3) is 2.75. The molecule has 1 aromatic heterocycles. The number of thiophene rings is 1. The molecule has 2 aliphatic heterocycles. The molecule has 2 saturated heterocycles. The molecule has 1 spiro atoms. The highest BCUT2D eigenvalue weighted by Gasteiger charge is 2.38. The smallest absolute Gasteiger partial charge is 0.0701 e. The van der Waals surface area contributed by atoms with E-state index in [9.17, 15) is 0 Å². The van der Waals surface area contributed by atoms with Gasteiger partial charge in [0.2, 0.25) is 0 Å². The van der Waals surface area contributed by atoms with Crippen LogP contribution >= 0.6 is 27.3 Å². The molecule has 0 unspecified atom stereocenters. The molecule has 2 aliphatic rings. The fourth-order valence-corrected chi connectivity index (χ4v) is 4.42. The van der Waals surface area contributed by atoms with Crippen molar-refractivity contribution in [1.82, 2.24) is 10.2 Å². The maximum absolute atomic E-state index is 3.54. The molecular weight excluding hydrogens is 296 g/mol. The van der Waals surface area contributed by atoms with Crippen molar-refractivity contribution in [2.45, 2.75) is 25.8 Å². The van der Waals surface area contributed by atoms with Crippen LogP contribution in [0.2, 0.25) is 0 Å². The maximum Gasteiger partial charge on any atom is 0.0701 e. The van der Waals surface area contributed by atoms with Crippen molar-refractivity contribution < 1.29 is 0 Å². The van der Waals surface area contributed by atoms with Gasteiger partial charge in [-0.1, -0.05) is 0 Å². The third-order valence-electron chi connectivity index (χ3n) is 4.21. The number of likely N-dealkylation sites (tertiary alicyclic amines) is 1. The minimum absolute atomic E-state index is 0.637. The quantitative estimate of drug-likeness (QED) is 0.902. The second-order valence-corrected chi connectivity index (χ2v) is 7.76. The second-order valence-electron chi connectivity index (χ2n) is 5.47. The van der Waals surface area contributed by atoms with Crippen molar-refractivity contribution in [3.05, 3.63) is 20.8 Å². The van der Waals surface area contributed by atoms with Gasteiger partial charge in [-0.3, -0.25) is 4.90 Å². The van der Waals surface area contributed by atoms with Gasteiger partial charge in [0, 0.05) is 13.1 Å². The van der Waals surface area contributed by atoms with Gasteiger partial charge < -0.3 is 5.32 Å². The van der Waals surface area contributed by atoms with E-state index in [2.05, 4.69) is 37.6 Å². The molecule has 3 heterocycles. The van der Waals surface area contributed by atoms with E-state index in [4.69, 9.17) is 0 Å². The fraction of sp³-hybridized carbons (Fsp3) is 0.692. The van der Waals surface area contributed by atoms with Gasteiger partial charge in [0.15, 0.2) is 0 Å². The molecule has 1 N–H and O–H groups in total. The summed E-state index contributed by atoms with van der Waals surface area (Å²) < 4.78 is 1.25. The standard InChI is InChI=1S/C13H19BrN2S/c14-12-7-11(9-17-12)8-16-6-3-13(10-16)1-4-15-5-2-13/h7,9,15H,1-6,8,10H2. The van der Waals surface area contributed by atoms with E-state index >= 15 is 0 Å². The monoisotopic (exact) mass is 314 g/mol. The molecule has 0 aliphatic carbocycles. The molecule has 0 amide bonds. The number of halogens is 1. The summed E-state index contributed by atoms with van der Waals surface area (Å²) in [4.78, 5) is 2.64. The minimum atomic E-state index is 0.637. The van der Waals surface area contributed by atoms with Gasteiger partial charge in [0.05, 0.1) is 3.79 Å². The molecule has 2 fully saturated rings. The van der Waals surface area contributed by atoms with E-state index in [1.54, 1.807) is 11.3 Å². The van der Waals surface area contributed by atoms with Gasteiger partial charge in [-0.2, -0.15) is 0 Å². The van der Waals surface area contributed by atoms with Crippen LogP contribution in [-0.4, -0.2) is 31.1 Å². The van der Waals surface area contributed by atoms with E-state index in [0.717, 1.165) is 6.54 Å². The number of nitrogens with zero attached hydrogens (tertiary/aromatic N) is 1. The van der Waals surface area contributed by atoms with Crippen molar-refractivity contribution >= 4 is 27.3 Å². The van der Waals surface area contributed by atoms with E-state index in [1.165, 1.54) is 54.8 Å². The summed E-state index contributed by atoms with van der Waals surface area (Å²) in [6, 6.07) is 2.26. The number of hydrogen-bond acceptors (Lipinski definition) is 3. The number of hydrogen-bond donors (Lipinski definition) is 1. The molecule has 2 nitrogen and oxygen atoms in total. The molecule has 94 valence electrons. The van der Waals surface area contributed by atoms with Crippen molar-refractivity contribution in [2.24, 2.45) is 5.41 Å². The first-order valence-electron chi connectivity index (χ1n) is 6.42. The highest BCUT2D eigenvalue weighted by Crippen LogP contribution is 2.39. The van der Waals surface area contributed by atoms with Crippen LogP contribution in [0.1, 0.15) is 24.8 Å². The van der Waals surface area contributed by atoms with Crippen LogP contribution in [-0.2, 0) is 6.54 Å². The van der Waals surface area contributed by atoms with Gasteiger partial charge in [0.1, 0.15) is 0 Å². The summed E-state index contributed by atoms with van der Waals surface area (Å²) >= 11 is 5.34. The lowest BCUT2D eigenvalue weighted by Crippen LogP contribution is -2.38. The topological polar surface area (TPSA) is 15.3 Å². The van der Waals surface area contributed by atoms with Gasteiger partial charge >= 0.3 is 0 Å². The van der Waals surface area contributed by atoms with E-state index < -0.39 is 0 Å². The average Bonchev–Trinajstić information content (AvgIpc) is 2.89. The molecule has 17 heavy (non-hydrogen) atoms. The number of piperidine rings is 1. The van der Waals surface area contributed by atoms with Crippen LogP contribution in [0.25, 0.3) is 0 Å². The Kier molecular flexibility index (Phi) is 3.57. The lowest BCUT2D eigenvalue weighted by molar-refractivity contribution is 0.194. The lowest BCUT2D eigenvalue weighted by Gasteiger charge is -2.33. The first-order chi connectivity index (χ1) is 8.26. The van der Waals surface area contributed by atoms with Crippen LogP contribution in [0.5, 0.6) is 0 Å². The molecule has 0 bridgehead atoms. The highest BCUT2D eigenvalue weighted by molar-refractivity contribution is 9.11. The summed E-state index contributed by atoms with van der Waals surface area (Å²) in [6.07, 6.45) is 4.15. The third-order valence-corrected chi connectivity index (χ3v) is 5.76. The molecule has 1 aromatic rings. The van der Waals surface area contributed by atoms with E-state index in [0.29, 0.717) is 5.41 Å². The highest BCUT2D eigenvalue weighted by atomic mass is 79.9. The number of rotatable bonds is 2. The molecule has 0 aromatic carbocycles. The first kappa shape index (κ1) is 12.2. The zero-order chi connectivity index (χ0) is 11.7. The average molecular weight is 315 g/mol. The predicted octanol–water partition coefficient (Wildman–Crippen LogP) is 3.09. The Morgan fingerprint density at radius 3 is 2.88 bits per heavy atom. The maximum atomic E-state index is 3.54. The Morgan fingerprint density at radius 1 is 1.35 bits per heavy atom. The summed E-state index contributed by atoms with van der Waals surface area (Å²) in [5.41, 5.74) is 2.10. The summed E-state index contributed by atoms with van der Waals surface area (Å²) in [7, 11) is 0. The van der Waals surface area contributed by atoms with Crippen molar-refractivity contribution in [3.8, 4) is 0 Å². The minimum Gasteiger partial charge on any atom is -0.317 e. The summed E-state index contributed by atoms with van der Waals surface area (Å²) in [5.74, 6) is 0. The van der Waals surface area contributed by atoms with Crippen LogP contribution < -0.4 is 5.32 Å². The zero-order valence-electron chi connectivity index (χ0n) is 10.0. The van der Waals surface area contributed by atoms with Crippen molar-refractivity contribution in [3.63, 3.8) is 0 Å². The molecule has 0 saturated carbocycles.